The Balaban J connectivity index is 1.73. The van der Waals surface area contributed by atoms with Crippen molar-refractivity contribution in [2.24, 2.45) is 0 Å². The minimum atomic E-state index is -1.16. The molecule has 0 radical (unpaired) electrons. The Kier molecular flexibility index (Phi) is 4.83. The number of aromatic nitrogens is 1. The van der Waals surface area contributed by atoms with Crippen LogP contribution in [0.15, 0.2) is 36.5 Å². The number of ether oxygens (including phenoxy) is 1. The molecule has 0 saturated heterocycles. The summed E-state index contributed by atoms with van der Waals surface area (Å²) in [5.41, 5.74) is 1.35. The number of aliphatic carboxylic acids is 1. The van der Waals surface area contributed by atoms with Crippen LogP contribution in [0.4, 0.5) is 0 Å². The van der Waals surface area contributed by atoms with E-state index in [1.165, 1.54) is 0 Å². The van der Waals surface area contributed by atoms with Crippen molar-refractivity contribution in [2.75, 3.05) is 6.54 Å². The Hall–Kier alpha value is -3.09. The number of para-hydroxylation sites is 1. The van der Waals surface area contributed by atoms with Crippen molar-refractivity contribution in [3.63, 3.8) is 0 Å². The molecule has 1 amide bonds. The second-order valence-electron chi connectivity index (χ2n) is 5.83. The van der Waals surface area contributed by atoms with E-state index < -0.39 is 18.4 Å². The molecule has 3 rings (SSSR count). The van der Waals surface area contributed by atoms with Crippen molar-refractivity contribution >= 4 is 11.9 Å². The van der Waals surface area contributed by atoms with Crippen LogP contribution in [0.25, 0.3) is 0 Å². The number of nitrogens with zero attached hydrogens (tertiary/aromatic N) is 1. The number of rotatable bonds is 5. The summed E-state index contributed by atoms with van der Waals surface area (Å²) >= 11 is 0. The summed E-state index contributed by atoms with van der Waals surface area (Å²) < 4.78 is 5.94. The molecule has 1 aromatic carbocycles. The predicted molar refractivity (Wildman–Crippen MR) is 88.8 cm³/mol. The second-order valence-corrected chi connectivity index (χ2v) is 5.83. The summed E-state index contributed by atoms with van der Waals surface area (Å²) in [7, 11) is 0. The van der Waals surface area contributed by atoms with Crippen LogP contribution in [0.2, 0.25) is 0 Å². The van der Waals surface area contributed by atoms with E-state index in [2.05, 4.69) is 10.3 Å². The largest absolute Gasteiger partial charge is 0.505 e. The number of carboxylic acids is 1. The van der Waals surface area contributed by atoms with Crippen LogP contribution < -0.4 is 10.1 Å². The van der Waals surface area contributed by atoms with Crippen LogP contribution in [0.1, 0.15) is 28.0 Å². The molecule has 1 aliphatic rings. The molecule has 25 heavy (non-hydrogen) atoms. The third kappa shape index (κ3) is 3.88. The number of benzene rings is 1. The fourth-order valence-corrected chi connectivity index (χ4v) is 2.88. The van der Waals surface area contributed by atoms with Gasteiger partial charge in [-0.05, 0) is 30.5 Å². The summed E-state index contributed by atoms with van der Waals surface area (Å²) in [6, 6.07) is 9.51. The number of fused-ring (bicyclic) bond motifs is 1. The third-order valence-electron chi connectivity index (χ3n) is 4.07. The maximum absolute atomic E-state index is 11.9. The van der Waals surface area contributed by atoms with Crippen molar-refractivity contribution in [1.82, 2.24) is 10.3 Å². The lowest BCUT2D eigenvalue weighted by Gasteiger charge is -2.26. The number of amides is 1. The number of aromatic hydroxyl groups is 1. The number of carbonyl (C=O) groups is 2. The number of carboxylic acid groups (broad SMARTS) is 1. The molecule has 130 valence electrons. The molecular weight excluding hydrogens is 324 g/mol. The fourth-order valence-electron chi connectivity index (χ4n) is 2.88. The highest BCUT2D eigenvalue weighted by Gasteiger charge is 2.26. The van der Waals surface area contributed by atoms with Gasteiger partial charge in [-0.15, -0.1) is 0 Å². The van der Waals surface area contributed by atoms with Crippen LogP contribution in [-0.2, 0) is 17.6 Å². The van der Waals surface area contributed by atoms with Gasteiger partial charge in [0.15, 0.2) is 5.69 Å². The van der Waals surface area contributed by atoms with Gasteiger partial charge in [0.25, 0.3) is 5.91 Å². The van der Waals surface area contributed by atoms with Gasteiger partial charge in [-0.2, -0.15) is 0 Å². The van der Waals surface area contributed by atoms with Crippen molar-refractivity contribution in [2.45, 2.75) is 25.4 Å². The second kappa shape index (κ2) is 7.21. The zero-order valence-electron chi connectivity index (χ0n) is 13.4. The summed E-state index contributed by atoms with van der Waals surface area (Å²) in [5.74, 6) is -1.26. The molecule has 0 bridgehead atoms. The van der Waals surface area contributed by atoms with E-state index in [1.54, 1.807) is 6.20 Å². The van der Waals surface area contributed by atoms with Crippen LogP contribution in [0.3, 0.4) is 0 Å². The Bertz CT molecular complexity index is 792. The molecular formula is C18H18N2O5. The van der Waals surface area contributed by atoms with E-state index in [0.717, 1.165) is 11.3 Å². The summed E-state index contributed by atoms with van der Waals surface area (Å²) in [6.07, 6.45) is 3.37. The maximum Gasteiger partial charge on any atom is 0.322 e. The molecule has 7 nitrogen and oxygen atoms in total. The third-order valence-corrected chi connectivity index (χ3v) is 4.07. The zero-order chi connectivity index (χ0) is 17.8. The Morgan fingerprint density at radius 3 is 2.76 bits per heavy atom. The minimum absolute atomic E-state index is 0.0252. The summed E-state index contributed by atoms with van der Waals surface area (Å²) in [4.78, 5) is 26.5. The van der Waals surface area contributed by atoms with E-state index in [0.29, 0.717) is 24.8 Å². The minimum Gasteiger partial charge on any atom is -0.505 e. The van der Waals surface area contributed by atoms with Gasteiger partial charge < -0.3 is 20.3 Å². The van der Waals surface area contributed by atoms with Crippen LogP contribution >= 0.6 is 0 Å². The van der Waals surface area contributed by atoms with Crippen LogP contribution in [0.5, 0.6) is 11.5 Å². The standard InChI is InChI=1S/C18H18N2O5/c21-15(22)10-20-18(24)16-17(23)14-7-6-13(8-11(14)9-19-16)25-12-4-2-1-3-5-12/h1-5,9,13,23H,6-8,10H2,(H,20,24)(H,21,22). The topological polar surface area (TPSA) is 109 Å². The number of hydrogen-bond donors (Lipinski definition) is 3. The molecule has 1 aromatic heterocycles. The molecule has 0 aliphatic heterocycles. The highest BCUT2D eigenvalue weighted by molar-refractivity contribution is 5.96. The van der Waals surface area contributed by atoms with E-state index in [9.17, 15) is 14.7 Å². The molecule has 7 heteroatoms. The number of hydrogen-bond acceptors (Lipinski definition) is 5. The fraction of sp³-hybridized carbons (Fsp3) is 0.278. The van der Waals surface area contributed by atoms with Gasteiger partial charge in [-0.3, -0.25) is 9.59 Å². The molecule has 0 fully saturated rings. The first kappa shape index (κ1) is 16.8. The average Bonchev–Trinajstić information content (AvgIpc) is 2.61. The van der Waals surface area contributed by atoms with Gasteiger partial charge >= 0.3 is 5.97 Å². The van der Waals surface area contributed by atoms with Gasteiger partial charge in [0.2, 0.25) is 0 Å². The molecule has 1 unspecified atom stereocenters. The molecule has 1 aliphatic carbocycles. The molecule has 3 N–H and O–H groups in total. The first-order valence-electron chi connectivity index (χ1n) is 7.96. The quantitative estimate of drug-likeness (QED) is 0.760. The van der Waals surface area contributed by atoms with Crippen LogP contribution in [-0.4, -0.2) is 39.7 Å². The van der Waals surface area contributed by atoms with E-state index in [4.69, 9.17) is 9.84 Å². The first-order chi connectivity index (χ1) is 12.0. The maximum atomic E-state index is 11.9. The monoisotopic (exact) mass is 342 g/mol. The van der Waals surface area contributed by atoms with Crippen molar-refractivity contribution in [1.29, 1.82) is 0 Å². The van der Waals surface area contributed by atoms with Crippen molar-refractivity contribution in [3.8, 4) is 11.5 Å². The Morgan fingerprint density at radius 2 is 2.04 bits per heavy atom. The predicted octanol–water partition coefficient (Wildman–Crippen LogP) is 1.54. The number of pyridine rings is 1. The Morgan fingerprint density at radius 1 is 1.28 bits per heavy atom. The van der Waals surface area contributed by atoms with Crippen molar-refractivity contribution in [3.05, 3.63) is 53.3 Å². The normalized spacial score (nSPS) is 15.9. The highest BCUT2D eigenvalue weighted by Crippen LogP contribution is 2.32. The molecule has 1 atom stereocenters. The van der Waals surface area contributed by atoms with Gasteiger partial charge in [0.1, 0.15) is 24.1 Å². The molecule has 2 aromatic rings. The lowest BCUT2D eigenvalue weighted by atomic mass is 9.89. The van der Waals surface area contributed by atoms with Crippen molar-refractivity contribution < 1.29 is 24.5 Å². The van der Waals surface area contributed by atoms with E-state index >= 15 is 0 Å². The Labute approximate surface area is 144 Å². The van der Waals surface area contributed by atoms with Gasteiger partial charge in [-0.25, -0.2) is 4.98 Å². The van der Waals surface area contributed by atoms with Gasteiger partial charge in [0.05, 0.1) is 0 Å². The highest BCUT2D eigenvalue weighted by atomic mass is 16.5. The molecule has 0 saturated carbocycles. The molecule has 1 heterocycles. The lowest BCUT2D eigenvalue weighted by molar-refractivity contribution is -0.135. The average molecular weight is 342 g/mol. The van der Waals surface area contributed by atoms with E-state index in [-0.39, 0.29) is 17.5 Å². The van der Waals surface area contributed by atoms with Gasteiger partial charge in [-0.1, -0.05) is 18.2 Å². The van der Waals surface area contributed by atoms with E-state index in [1.807, 2.05) is 30.3 Å². The molecule has 0 spiro atoms. The first-order valence-corrected chi connectivity index (χ1v) is 7.96. The lowest BCUT2D eigenvalue weighted by Crippen LogP contribution is -2.31. The zero-order valence-corrected chi connectivity index (χ0v) is 13.4. The van der Waals surface area contributed by atoms with Gasteiger partial charge in [0, 0.05) is 18.2 Å². The van der Waals surface area contributed by atoms with Crippen LogP contribution in [0, 0.1) is 0 Å². The number of nitrogens with one attached hydrogen (secondary N) is 1. The SMILES string of the molecule is O=C(O)CNC(=O)c1ncc2c(c1O)CCC(Oc1ccccc1)C2. The summed E-state index contributed by atoms with van der Waals surface area (Å²) in [5, 5.41) is 21.1. The summed E-state index contributed by atoms with van der Waals surface area (Å²) in [6.45, 7) is -0.524. The smallest absolute Gasteiger partial charge is 0.322 e. The number of carbonyl (C=O) groups excluding carboxylic acids is 1.